The van der Waals surface area contributed by atoms with Gasteiger partial charge in [0.15, 0.2) is 0 Å². The summed E-state index contributed by atoms with van der Waals surface area (Å²) < 4.78 is 2.92. The van der Waals surface area contributed by atoms with Crippen molar-refractivity contribution in [2.45, 2.75) is 25.8 Å². The number of benzene rings is 1. The molecule has 5 heteroatoms. The van der Waals surface area contributed by atoms with Crippen LogP contribution < -0.4 is 5.73 Å². The molecule has 2 aromatic rings. The molecule has 1 atom stereocenters. The van der Waals surface area contributed by atoms with Crippen LogP contribution in [-0.4, -0.2) is 9.78 Å². The summed E-state index contributed by atoms with van der Waals surface area (Å²) in [5.41, 5.74) is 8.41. The molecule has 1 aliphatic rings. The predicted molar refractivity (Wildman–Crippen MR) is 82.2 cm³/mol. The molecule has 1 fully saturated rings. The van der Waals surface area contributed by atoms with Gasteiger partial charge < -0.3 is 5.73 Å². The summed E-state index contributed by atoms with van der Waals surface area (Å²) in [5.74, 6) is 0.743. The quantitative estimate of drug-likeness (QED) is 0.892. The number of nitrogens with zero attached hydrogens (tertiary/aromatic N) is 2. The molecule has 19 heavy (non-hydrogen) atoms. The molecule has 1 aromatic heterocycles. The second kappa shape index (κ2) is 4.84. The summed E-state index contributed by atoms with van der Waals surface area (Å²) in [4.78, 5) is 0. The van der Waals surface area contributed by atoms with Gasteiger partial charge in [-0.3, -0.25) is 4.68 Å². The van der Waals surface area contributed by atoms with Crippen LogP contribution in [0.4, 0.5) is 5.69 Å². The van der Waals surface area contributed by atoms with Crippen molar-refractivity contribution in [1.82, 2.24) is 9.78 Å². The SMILES string of the molecule is CC(C1CC1)n1cc(N)c(-c2ccc(Br)cc2Cl)n1. The van der Waals surface area contributed by atoms with Gasteiger partial charge in [0.25, 0.3) is 0 Å². The van der Waals surface area contributed by atoms with E-state index < -0.39 is 0 Å². The third-order valence-corrected chi connectivity index (χ3v) is 4.47. The number of hydrogen-bond donors (Lipinski definition) is 1. The highest BCUT2D eigenvalue weighted by atomic mass is 79.9. The number of aromatic nitrogens is 2. The molecule has 3 rings (SSSR count). The largest absolute Gasteiger partial charge is 0.396 e. The van der Waals surface area contributed by atoms with Gasteiger partial charge in [-0.15, -0.1) is 0 Å². The zero-order valence-corrected chi connectivity index (χ0v) is 12.9. The van der Waals surface area contributed by atoms with E-state index in [0.717, 1.165) is 21.6 Å². The van der Waals surface area contributed by atoms with Crippen LogP contribution >= 0.6 is 27.5 Å². The smallest absolute Gasteiger partial charge is 0.117 e. The van der Waals surface area contributed by atoms with E-state index in [4.69, 9.17) is 17.3 Å². The molecule has 1 aliphatic carbocycles. The van der Waals surface area contributed by atoms with Crippen molar-refractivity contribution in [3.8, 4) is 11.3 Å². The monoisotopic (exact) mass is 339 g/mol. The van der Waals surface area contributed by atoms with E-state index in [1.54, 1.807) is 0 Å². The Morgan fingerprint density at radius 2 is 2.21 bits per heavy atom. The van der Waals surface area contributed by atoms with Gasteiger partial charge >= 0.3 is 0 Å². The van der Waals surface area contributed by atoms with E-state index in [0.29, 0.717) is 16.8 Å². The van der Waals surface area contributed by atoms with Crippen LogP contribution in [0.3, 0.4) is 0 Å². The van der Waals surface area contributed by atoms with E-state index >= 15 is 0 Å². The van der Waals surface area contributed by atoms with Gasteiger partial charge in [-0.05, 0) is 37.8 Å². The number of nitrogen functional groups attached to an aromatic ring is 1. The normalized spacial score (nSPS) is 16.6. The highest BCUT2D eigenvalue weighted by molar-refractivity contribution is 9.10. The minimum atomic E-state index is 0.408. The lowest BCUT2D eigenvalue weighted by Crippen LogP contribution is -2.07. The van der Waals surface area contributed by atoms with Crippen molar-refractivity contribution in [1.29, 1.82) is 0 Å². The van der Waals surface area contributed by atoms with E-state index in [1.165, 1.54) is 12.8 Å². The molecule has 0 aliphatic heterocycles. The van der Waals surface area contributed by atoms with Crippen molar-refractivity contribution in [3.63, 3.8) is 0 Å². The first kappa shape index (κ1) is 13.0. The first-order valence-corrected chi connectivity index (χ1v) is 7.53. The third kappa shape index (κ3) is 2.51. The van der Waals surface area contributed by atoms with Crippen molar-refractivity contribution < 1.29 is 0 Å². The summed E-state index contributed by atoms with van der Waals surface area (Å²) in [5, 5.41) is 5.28. The van der Waals surface area contributed by atoms with Gasteiger partial charge in [0.2, 0.25) is 0 Å². The molecule has 0 radical (unpaired) electrons. The fourth-order valence-corrected chi connectivity index (χ4v) is 3.06. The average molecular weight is 341 g/mol. The first-order valence-electron chi connectivity index (χ1n) is 6.36. The average Bonchev–Trinajstić information content (AvgIpc) is 3.13. The Bertz CT molecular complexity index is 619. The third-order valence-electron chi connectivity index (χ3n) is 3.67. The fourth-order valence-electron chi connectivity index (χ4n) is 2.30. The maximum absolute atomic E-state index is 6.26. The minimum absolute atomic E-state index is 0.408. The number of anilines is 1. The first-order chi connectivity index (χ1) is 9.06. The van der Waals surface area contributed by atoms with E-state index in [1.807, 2.05) is 29.1 Å². The Balaban J connectivity index is 2.00. The minimum Gasteiger partial charge on any atom is -0.396 e. The van der Waals surface area contributed by atoms with E-state index in [2.05, 4.69) is 28.0 Å². The summed E-state index contributed by atoms with van der Waals surface area (Å²) in [6.07, 6.45) is 4.49. The van der Waals surface area contributed by atoms with Gasteiger partial charge in [0.1, 0.15) is 5.69 Å². The zero-order chi connectivity index (χ0) is 13.6. The maximum atomic E-state index is 6.26. The Labute approximate surface area is 125 Å². The molecule has 0 spiro atoms. The zero-order valence-electron chi connectivity index (χ0n) is 10.6. The van der Waals surface area contributed by atoms with Crippen molar-refractivity contribution in [2.24, 2.45) is 5.92 Å². The Kier molecular flexibility index (Phi) is 3.31. The molecule has 0 amide bonds. The summed E-state index contributed by atoms with van der Waals surface area (Å²) in [6, 6.07) is 6.16. The lowest BCUT2D eigenvalue weighted by molar-refractivity contribution is 0.441. The Morgan fingerprint density at radius 1 is 1.47 bits per heavy atom. The number of halogens is 2. The maximum Gasteiger partial charge on any atom is 0.117 e. The van der Waals surface area contributed by atoms with Crippen molar-refractivity contribution in [2.75, 3.05) is 5.73 Å². The molecular formula is C14H15BrClN3. The highest BCUT2D eigenvalue weighted by Crippen LogP contribution is 2.40. The van der Waals surface area contributed by atoms with Crippen LogP contribution in [0.5, 0.6) is 0 Å². The summed E-state index contributed by atoms with van der Waals surface area (Å²) in [6.45, 7) is 2.19. The topological polar surface area (TPSA) is 43.8 Å². The number of hydrogen-bond acceptors (Lipinski definition) is 2. The number of rotatable bonds is 3. The molecule has 3 nitrogen and oxygen atoms in total. The Morgan fingerprint density at radius 3 is 2.84 bits per heavy atom. The van der Waals surface area contributed by atoms with Crippen LogP contribution in [0.25, 0.3) is 11.3 Å². The van der Waals surface area contributed by atoms with Crippen LogP contribution in [0.1, 0.15) is 25.8 Å². The molecule has 1 aromatic carbocycles. The summed E-state index contributed by atoms with van der Waals surface area (Å²) >= 11 is 9.67. The van der Waals surface area contributed by atoms with Gasteiger partial charge in [-0.1, -0.05) is 33.6 Å². The molecule has 100 valence electrons. The fraction of sp³-hybridized carbons (Fsp3) is 0.357. The molecule has 2 N–H and O–H groups in total. The van der Waals surface area contributed by atoms with Gasteiger partial charge in [0.05, 0.1) is 16.8 Å². The van der Waals surface area contributed by atoms with Gasteiger partial charge in [-0.2, -0.15) is 5.10 Å². The van der Waals surface area contributed by atoms with E-state index in [-0.39, 0.29) is 0 Å². The van der Waals surface area contributed by atoms with Crippen molar-refractivity contribution in [3.05, 3.63) is 33.9 Å². The highest BCUT2D eigenvalue weighted by Gasteiger charge is 2.30. The Hall–Kier alpha value is -1.00. The van der Waals surface area contributed by atoms with Gasteiger partial charge in [-0.25, -0.2) is 0 Å². The lowest BCUT2D eigenvalue weighted by atomic mass is 10.1. The molecule has 0 saturated heterocycles. The van der Waals surface area contributed by atoms with Gasteiger partial charge in [0, 0.05) is 16.2 Å². The molecule has 1 unspecified atom stereocenters. The second-order valence-electron chi connectivity index (χ2n) is 5.12. The predicted octanol–water partition coefficient (Wildman–Crippen LogP) is 4.52. The van der Waals surface area contributed by atoms with E-state index in [9.17, 15) is 0 Å². The van der Waals surface area contributed by atoms with Crippen LogP contribution in [-0.2, 0) is 0 Å². The van der Waals surface area contributed by atoms with Crippen LogP contribution in [0.15, 0.2) is 28.9 Å². The lowest BCUT2D eigenvalue weighted by Gasteiger charge is -2.09. The molecule has 1 saturated carbocycles. The van der Waals surface area contributed by atoms with Crippen LogP contribution in [0.2, 0.25) is 5.02 Å². The molecule has 0 bridgehead atoms. The number of nitrogens with two attached hydrogens (primary N) is 1. The van der Waals surface area contributed by atoms with Crippen LogP contribution in [0, 0.1) is 5.92 Å². The standard InChI is InChI=1S/C14H15BrClN3/c1-8(9-2-3-9)19-7-13(17)14(18-19)11-5-4-10(15)6-12(11)16/h4-9H,2-3,17H2,1H3. The second-order valence-corrected chi connectivity index (χ2v) is 6.44. The van der Waals surface area contributed by atoms with Crippen molar-refractivity contribution >= 4 is 33.2 Å². The molecule has 1 heterocycles. The molecular weight excluding hydrogens is 326 g/mol. The summed E-state index contributed by atoms with van der Waals surface area (Å²) in [7, 11) is 0.